The first-order valence-electron chi connectivity index (χ1n) is 11.4. The standard InChI is InChI=1S/C26H27Cl2N5O/c1-2-3-4-5-6-10-25(34)32-24-16-20(15-21-22(27)8-7-9-23(21)28)31-26(33-24)30-19-13-11-18(17-29)12-14-19/h7-9,11-14,16H,2-6,10,15H2,1H3,(H2,30,31,32,33,34). The van der Waals surface area contributed by atoms with Gasteiger partial charge in [0.15, 0.2) is 0 Å². The minimum atomic E-state index is -0.0822. The lowest BCUT2D eigenvalue weighted by atomic mass is 10.1. The quantitative estimate of drug-likeness (QED) is 0.272. The highest BCUT2D eigenvalue weighted by molar-refractivity contribution is 6.36. The monoisotopic (exact) mass is 495 g/mol. The van der Waals surface area contributed by atoms with E-state index >= 15 is 0 Å². The Kier molecular flexibility index (Phi) is 9.69. The van der Waals surface area contributed by atoms with Crippen LogP contribution in [0.5, 0.6) is 0 Å². The molecule has 3 aromatic rings. The van der Waals surface area contributed by atoms with Gasteiger partial charge in [-0.05, 0) is 48.4 Å². The van der Waals surface area contributed by atoms with Crippen LogP contribution in [0.2, 0.25) is 10.0 Å². The third-order valence-corrected chi connectivity index (χ3v) is 5.95. The fraction of sp³-hybridized carbons (Fsp3) is 0.308. The highest BCUT2D eigenvalue weighted by Gasteiger charge is 2.13. The Hall–Kier alpha value is -3.14. The largest absolute Gasteiger partial charge is 0.324 e. The minimum absolute atomic E-state index is 0.0822. The lowest BCUT2D eigenvalue weighted by Crippen LogP contribution is -2.14. The number of nitrogens with zero attached hydrogens (tertiary/aromatic N) is 3. The molecule has 2 aromatic carbocycles. The Balaban J connectivity index is 1.80. The van der Waals surface area contributed by atoms with E-state index in [0.29, 0.717) is 45.9 Å². The molecule has 34 heavy (non-hydrogen) atoms. The van der Waals surface area contributed by atoms with Crippen LogP contribution >= 0.6 is 23.2 Å². The third kappa shape index (κ3) is 7.72. The van der Waals surface area contributed by atoms with Gasteiger partial charge in [-0.25, -0.2) is 4.98 Å². The number of carbonyl (C=O) groups is 1. The number of unbranched alkanes of at least 4 members (excludes halogenated alkanes) is 4. The molecule has 0 aliphatic rings. The Morgan fingerprint density at radius 1 is 1.00 bits per heavy atom. The van der Waals surface area contributed by atoms with Crippen LogP contribution in [0.3, 0.4) is 0 Å². The molecule has 0 saturated heterocycles. The number of nitrogens with one attached hydrogen (secondary N) is 2. The van der Waals surface area contributed by atoms with Crippen molar-refractivity contribution in [1.29, 1.82) is 5.26 Å². The Labute approximate surface area is 210 Å². The van der Waals surface area contributed by atoms with Crippen LogP contribution < -0.4 is 10.6 Å². The molecule has 0 radical (unpaired) electrons. The molecule has 0 aliphatic carbocycles. The maximum atomic E-state index is 12.5. The van der Waals surface area contributed by atoms with Gasteiger partial charge in [0, 0.05) is 34.6 Å². The van der Waals surface area contributed by atoms with Crippen LogP contribution in [0, 0.1) is 11.3 Å². The molecule has 0 aliphatic heterocycles. The average molecular weight is 496 g/mol. The second-order valence-corrected chi connectivity index (χ2v) is 8.79. The molecule has 0 spiro atoms. The van der Waals surface area contributed by atoms with Crippen molar-refractivity contribution in [3.63, 3.8) is 0 Å². The van der Waals surface area contributed by atoms with Crippen LogP contribution in [0.15, 0.2) is 48.5 Å². The normalized spacial score (nSPS) is 10.5. The highest BCUT2D eigenvalue weighted by atomic mass is 35.5. The third-order valence-electron chi connectivity index (χ3n) is 5.24. The maximum absolute atomic E-state index is 12.5. The van der Waals surface area contributed by atoms with Gasteiger partial charge >= 0.3 is 0 Å². The highest BCUT2D eigenvalue weighted by Crippen LogP contribution is 2.27. The van der Waals surface area contributed by atoms with Crippen molar-refractivity contribution in [2.75, 3.05) is 10.6 Å². The average Bonchev–Trinajstić information content (AvgIpc) is 2.82. The molecule has 0 atom stereocenters. The van der Waals surface area contributed by atoms with Gasteiger partial charge < -0.3 is 10.6 Å². The van der Waals surface area contributed by atoms with Gasteiger partial charge in [-0.15, -0.1) is 0 Å². The fourth-order valence-corrected chi connectivity index (χ4v) is 3.97. The van der Waals surface area contributed by atoms with Crippen molar-refractivity contribution in [2.45, 2.75) is 51.9 Å². The SMILES string of the molecule is CCCCCCCC(=O)Nc1cc(Cc2c(Cl)cccc2Cl)nc(Nc2ccc(C#N)cc2)n1. The molecule has 0 saturated carbocycles. The lowest BCUT2D eigenvalue weighted by Gasteiger charge is -2.12. The Morgan fingerprint density at radius 2 is 1.71 bits per heavy atom. The van der Waals surface area contributed by atoms with E-state index in [0.717, 1.165) is 30.5 Å². The molecule has 3 rings (SSSR count). The summed E-state index contributed by atoms with van der Waals surface area (Å²) in [5.41, 5.74) is 2.68. The van der Waals surface area contributed by atoms with E-state index in [1.54, 1.807) is 48.5 Å². The molecular formula is C26H27Cl2N5O. The van der Waals surface area contributed by atoms with E-state index in [4.69, 9.17) is 28.5 Å². The van der Waals surface area contributed by atoms with Crippen LogP contribution in [0.4, 0.5) is 17.5 Å². The summed E-state index contributed by atoms with van der Waals surface area (Å²) in [6.45, 7) is 2.17. The Bertz CT molecular complexity index is 1140. The number of hydrogen-bond donors (Lipinski definition) is 2. The van der Waals surface area contributed by atoms with Gasteiger partial charge in [-0.3, -0.25) is 4.79 Å². The molecule has 0 unspecified atom stereocenters. The van der Waals surface area contributed by atoms with Crippen molar-refractivity contribution < 1.29 is 4.79 Å². The van der Waals surface area contributed by atoms with E-state index in [1.807, 2.05) is 0 Å². The number of carbonyl (C=O) groups excluding carboxylic acids is 1. The molecule has 8 heteroatoms. The number of amides is 1. The molecule has 1 amide bonds. The summed E-state index contributed by atoms with van der Waals surface area (Å²) in [5.74, 6) is 0.646. The molecule has 0 fully saturated rings. The number of hydrogen-bond acceptors (Lipinski definition) is 5. The fourth-order valence-electron chi connectivity index (χ4n) is 3.44. The summed E-state index contributed by atoms with van der Waals surface area (Å²) in [6, 6.07) is 16.1. The summed E-state index contributed by atoms with van der Waals surface area (Å²) in [4.78, 5) is 21.6. The predicted molar refractivity (Wildman–Crippen MR) is 138 cm³/mol. The van der Waals surface area contributed by atoms with Crippen molar-refractivity contribution >= 4 is 46.6 Å². The first kappa shape index (κ1) is 25.5. The van der Waals surface area contributed by atoms with Gasteiger partial charge in [-0.1, -0.05) is 61.9 Å². The molecule has 6 nitrogen and oxygen atoms in total. The van der Waals surface area contributed by atoms with Gasteiger partial charge in [0.25, 0.3) is 0 Å². The number of benzene rings is 2. The minimum Gasteiger partial charge on any atom is -0.324 e. The van der Waals surface area contributed by atoms with Gasteiger partial charge in [0.2, 0.25) is 11.9 Å². The summed E-state index contributed by atoms with van der Waals surface area (Å²) >= 11 is 12.7. The van der Waals surface area contributed by atoms with E-state index in [2.05, 4.69) is 33.6 Å². The number of nitriles is 1. The van der Waals surface area contributed by atoms with Gasteiger partial charge in [0.1, 0.15) is 5.82 Å². The molecule has 176 valence electrons. The zero-order chi connectivity index (χ0) is 24.3. The first-order valence-corrected chi connectivity index (χ1v) is 12.1. The molecule has 1 heterocycles. The van der Waals surface area contributed by atoms with Crippen molar-refractivity contribution in [2.24, 2.45) is 0 Å². The first-order chi connectivity index (χ1) is 16.5. The zero-order valence-electron chi connectivity index (χ0n) is 19.1. The Morgan fingerprint density at radius 3 is 2.38 bits per heavy atom. The van der Waals surface area contributed by atoms with E-state index < -0.39 is 0 Å². The molecule has 1 aromatic heterocycles. The summed E-state index contributed by atoms with van der Waals surface area (Å²) < 4.78 is 0. The number of rotatable bonds is 11. The van der Waals surface area contributed by atoms with Crippen molar-refractivity contribution in [3.05, 3.63) is 75.4 Å². The zero-order valence-corrected chi connectivity index (χ0v) is 20.6. The van der Waals surface area contributed by atoms with E-state index in [-0.39, 0.29) is 5.91 Å². The van der Waals surface area contributed by atoms with Crippen LogP contribution in [-0.4, -0.2) is 15.9 Å². The van der Waals surface area contributed by atoms with Crippen molar-refractivity contribution in [1.82, 2.24) is 9.97 Å². The van der Waals surface area contributed by atoms with Gasteiger partial charge in [0.05, 0.1) is 17.3 Å². The molecule has 0 bridgehead atoms. The maximum Gasteiger partial charge on any atom is 0.229 e. The summed E-state index contributed by atoms with van der Waals surface area (Å²) in [7, 11) is 0. The summed E-state index contributed by atoms with van der Waals surface area (Å²) in [6.07, 6.45) is 6.19. The number of aromatic nitrogens is 2. The summed E-state index contributed by atoms with van der Waals surface area (Å²) in [5, 5.41) is 16.1. The van der Waals surface area contributed by atoms with Crippen LogP contribution in [0.25, 0.3) is 0 Å². The smallest absolute Gasteiger partial charge is 0.229 e. The van der Waals surface area contributed by atoms with Crippen LogP contribution in [0.1, 0.15) is 62.3 Å². The van der Waals surface area contributed by atoms with Crippen LogP contribution in [-0.2, 0) is 11.2 Å². The number of anilines is 3. The predicted octanol–water partition coefficient (Wildman–Crippen LogP) is 7.29. The lowest BCUT2D eigenvalue weighted by molar-refractivity contribution is -0.116. The van der Waals surface area contributed by atoms with E-state index in [9.17, 15) is 4.79 Å². The van der Waals surface area contributed by atoms with E-state index in [1.165, 1.54) is 12.8 Å². The molecule has 2 N–H and O–H groups in total. The van der Waals surface area contributed by atoms with Gasteiger partial charge in [-0.2, -0.15) is 10.2 Å². The van der Waals surface area contributed by atoms with Crippen molar-refractivity contribution in [3.8, 4) is 6.07 Å². The second kappa shape index (κ2) is 12.9. The number of halogens is 2. The topological polar surface area (TPSA) is 90.7 Å². The second-order valence-electron chi connectivity index (χ2n) is 7.97. The molecular weight excluding hydrogens is 469 g/mol.